The predicted octanol–water partition coefficient (Wildman–Crippen LogP) is 3.03. The van der Waals surface area contributed by atoms with Gasteiger partial charge in [0.25, 0.3) is 0 Å². The highest BCUT2D eigenvalue weighted by molar-refractivity contribution is 6.02. The Bertz CT molecular complexity index is 1220. The number of nitrogens with one attached hydrogen (secondary N) is 2. The Morgan fingerprint density at radius 1 is 1.31 bits per heavy atom. The largest absolute Gasteiger partial charge is 0.378 e. The Hall–Kier alpha value is -3.54. The summed E-state index contributed by atoms with van der Waals surface area (Å²) in [6.07, 6.45) is 3.36. The van der Waals surface area contributed by atoms with E-state index in [0.29, 0.717) is 49.5 Å². The zero-order valence-corrected chi connectivity index (χ0v) is 20.1. The van der Waals surface area contributed by atoms with Gasteiger partial charge in [-0.25, -0.2) is 19.2 Å². The number of aromatic nitrogens is 5. The van der Waals surface area contributed by atoms with Crippen molar-refractivity contribution in [2.24, 2.45) is 0 Å². The van der Waals surface area contributed by atoms with Gasteiger partial charge >= 0.3 is 6.03 Å². The number of nitrogens with zero attached hydrogens (tertiary/aromatic N) is 7. The van der Waals surface area contributed by atoms with Gasteiger partial charge in [0.1, 0.15) is 17.8 Å². The molecule has 5 heterocycles. The molecule has 11 nitrogen and oxygen atoms in total. The number of amides is 2. The maximum Gasteiger partial charge on any atom is 0.323 e. The molecule has 0 radical (unpaired) electrons. The zero-order chi connectivity index (χ0) is 24.5. The van der Waals surface area contributed by atoms with Crippen LogP contribution in [-0.4, -0.2) is 76.3 Å². The molecule has 0 bridgehead atoms. The molecule has 3 unspecified atom stereocenters. The molecule has 0 aromatic carbocycles. The number of hydrogen-bond donors (Lipinski definition) is 2. The molecule has 0 saturated carbocycles. The molecule has 3 atom stereocenters. The lowest BCUT2D eigenvalue weighted by Gasteiger charge is -2.33. The molecule has 3 aromatic rings. The number of anilines is 4. The van der Waals surface area contributed by atoms with Gasteiger partial charge in [-0.3, -0.25) is 9.58 Å². The number of ether oxygens (including phenoxy) is 1. The van der Waals surface area contributed by atoms with E-state index in [1.165, 1.54) is 7.11 Å². The van der Waals surface area contributed by atoms with Crippen molar-refractivity contribution in [2.75, 3.05) is 48.4 Å². The van der Waals surface area contributed by atoms with Crippen LogP contribution in [0.15, 0.2) is 24.5 Å². The van der Waals surface area contributed by atoms with Crippen LogP contribution in [0.4, 0.5) is 32.6 Å². The van der Waals surface area contributed by atoms with Crippen LogP contribution in [0, 0.1) is 0 Å². The molecule has 186 valence electrons. The number of pyridine rings is 1. The van der Waals surface area contributed by atoms with E-state index in [9.17, 15) is 9.18 Å². The van der Waals surface area contributed by atoms with Crippen molar-refractivity contribution >= 4 is 40.3 Å². The van der Waals surface area contributed by atoms with Crippen LogP contribution in [0.5, 0.6) is 0 Å². The van der Waals surface area contributed by atoms with Gasteiger partial charge in [0, 0.05) is 51.2 Å². The SMILES string of the molecule is CCC(C)n1nc(N2CCNC2=O)c2cnc(Nc3ccnc(N4CCC(OC)C(F)C4)n3)cc21. The summed E-state index contributed by atoms with van der Waals surface area (Å²) in [6.45, 7) is 6.15. The van der Waals surface area contributed by atoms with Gasteiger partial charge in [0.15, 0.2) is 5.82 Å². The van der Waals surface area contributed by atoms with Gasteiger partial charge in [-0.1, -0.05) is 6.92 Å². The van der Waals surface area contributed by atoms with Gasteiger partial charge in [-0.05, 0) is 25.8 Å². The average molecular weight is 484 g/mol. The number of carbonyl (C=O) groups excluding carboxylic acids is 1. The van der Waals surface area contributed by atoms with Crippen LogP contribution in [0.1, 0.15) is 32.7 Å². The summed E-state index contributed by atoms with van der Waals surface area (Å²) in [5.41, 5.74) is 0.878. The number of carbonyl (C=O) groups is 1. The lowest BCUT2D eigenvalue weighted by molar-refractivity contribution is 0.0194. The van der Waals surface area contributed by atoms with Crippen LogP contribution in [-0.2, 0) is 4.74 Å². The fourth-order valence-electron chi connectivity index (χ4n) is 4.50. The molecule has 3 aromatic heterocycles. The van der Waals surface area contributed by atoms with E-state index in [2.05, 4.69) is 39.4 Å². The van der Waals surface area contributed by atoms with E-state index in [4.69, 9.17) is 9.84 Å². The second-order valence-corrected chi connectivity index (χ2v) is 8.89. The van der Waals surface area contributed by atoms with Crippen LogP contribution in [0.25, 0.3) is 10.9 Å². The van der Waals surface area contributed by atoms with Crippen molar-refractivity contribution in [3.63, 3.8) is 0 Å². The number of halogens is 1. The van der Waals surface area contributed by atoms with Gasteiger partial charge in [-0.2, -0.15) is 10.1 Å². The van der Waals surface area contributed by atoms with Crippen molar-refractivity contribution in [1.82, 2.24) is 30.0 Å². The lowest BCUT2D eigenvalue weighted by Crippen LogP contribution is -2.46. The third kappa shape index (κ3) is 4.45. The maximum atomic E-state index is 14.4. The van der Waals surface area contributed by atoms with Gasteiger partial charge < -0.3 is 20.3 Å². The van der Waals surface area contributed by atoms with Gasteiger partial charge in [0.2, 0.25) is 5.95 Å². The molecule has 2 fully saturated rings. The first kappa shape index (κ1) is 23.2. The Balaban J connectivity index is 1.42. The molecule has 2 aliphatic heterocycles. The Morgan fingerprint density at radius 3 is 2.89 bits per heavy atom. The number of piperidine rings is 1. The number of rotatable bonds is 7. The Labute approximate surface area is 202 Å². The van der Waals surface area contributed by atoms with Crippen molar-refractivity contribution < 1.29 is 13.9 Å². The highest BCUT2D eigenvalue weighted by atomic mass is 19.1. The molecule has 12 heteroatoms. The standard InChI is InChI=1S/C23H30FN9O2/c1-4-14(2)33-17-11-20(27-12-15(17)21(30-33)32-10-8-26-23(32)34)28-19-5-7-25-22(29-19)31-9-6-18(35-3)16(24)13-31/h5,7,11-12,14,16,18H,4,6,8-10,13H2,1-3H3,(H,26,34)(H,25,27,28,29). The van der Waals surface area contributed by atoms with Crippen LogP contribution in [0.3, 0.4) is 0 Å². The molecular weight excluding hydrogens is 453 g/mol. The maximum absolute atomic E-state index is 14.4. The molecule has 2 saturated heterocycles. The number of fused-ring (bicyclic) bond motifs is 1. The predicted molar refractivity (Wildman–Crippen MR) is 131 cm³/mol. The normalized spacial score (nSPS) is 21.4. The summed E-state index contributed by atoms with van der Waals surface area (Å²) in [6, 6.07) is 3.65. The van der Waals surface area contributed by atoms with Crippen molar-refractivity contribution in [3.8, 4) is 0 Å². The fourth-order valence-corrected chi connectivity index (χ4v) is 4.50. The van der Waals surface area contributed by atoms with E-state index >= 15 is 0 Å². The molecule has 0 spiro atoms. The number of urea groups is 1. The third-order valence-electron chi connectivity index (χ3n) is 6.66. The monoisotopic (exact) mass is 483 g/mol. The fraction of sp³-hybridized carbons (Fsp3) is 0.522. The quantitative estimate of drug-likeness (QED) is 0.527. The zero-order valence-electron chi connectivity index (χ0n) is 20.1. The van der Waals surface area contributed by atoms with Crippen LogP contribution < -0.4 is 20.4 Å². The Morgan fingerprint density at radius 2 is 2.17 bits per heavy atom. The first-order valence-corrected chi connectivity index (χ1v) is 11.9. The number of methoxy groups -OCH3 is 1. The van der Waals surface area contributed by atoms with E-state index in [-0.39, 0.29) is 18.6 Å². The van der Waals surface area contributed by atoms with E-state index in [1.807, 2.05) is 15.6 Å². The Kier molecular flexibility index (Phi) is 6.37. The van der Waals surface area contributed by atoms with Gasteiger partial charge in [-0.15, -0.1) is 0 Å². The van der Waals surface area contributed by atoms with Crippen molar-refractivity contribution in [3.05, 3.63) is 24.5 Å². The second kappa shape index (κ2) is 9.61. The third-order valence-corrected chi connectivity index (χ3v) is 6.66. The molecule has 0 aliphatic carbocycles. The highest BCUT2D eigenvalue weighted by Gasteiger charge is 2.31. The summed E-state index contributed by atoms with van der Waals surface area (Å²) < 4.78 is 21.5. The van der Waals surface area contributed by atoms with Crippen LogP contribution >= 0.6 is 0 Å². The van der Waals surface area contributed by atoms with Crippen molar-refractivity contribution in [1.29, 1.82) is 0 Å². The smallest absolute Gasteiger partial charge is 0.323 e. The van der Waals surface area contributed by atoms with Crippen LogP contribution in [0.2, 0.25) is 0 Å². The first-order valence-electron chi connectivity index (χ1n) is 11.9. The van der Waals surface area contributed by atoms with E-state index in [0.717, 1.165) is 17.3 Å². The molecule has 2 amide bonds. The minimum absolute atomic E-state index is 0.140. The molecular formula is C23H30FN9O2. The molecule has 5 rings (SSSR count). The second-order valence-electron chi connectivity index (χ2n) is 8.89. The first-order chi connectivity index (χ1) is 17.0. The molecule has 2 aliphatic rings. The van der Waals surface area contributed by atoms with E-state index in [1.54, 1.807) is 23.4 Å². The summed E-state index contributed by atoms with van der Waals surface area (Å²) >= 11 is 0. The average Bonchev–Trinajstić information content (AvgIpc) is 3.46. The topological polar surface area (TPSA) is 113 Å². The lowest BCUT2D eigenvalue weighted by atomic mass is 10.1. The summed E-state index contributed by atoms with van der Waals surface area (Å²) in [4.78, 5) is 29.2. The minimum atomic E-state index is -1.09. The molecule has 35 heavy (non-hydrogen) atoms. The molecule has 2 N–H and O–H groups in total. The number of alkyl halides is 1. The van der Waals surface area contributed by atoms with E-state index < -0.39 is 12.3 Å². The summed E-state index contributed by atoms with van der Waals surface area (Å²) in [7, 11) is 1.54. The van der Waals surface area contributed by atoms with Crippen molar-refractivity contribution in [2.45, 2.75) is 45.0 Å². The minimum Gasteiger partial charge on any atom is -0.378 e. The summed E-state index contributed by atoms with van der Waals surface area (Å²) in [5.74, 6) is 2.21. The van der Waals surface area contributed by atoms with Gasteiger partial charge in [0.05, 0.1) is 23.6 Å². The number of hydrogen-bond acceptors (Lipinski definition) is 8. The summed E-state index contributed by atoms with van der Waals surface area (Å²) in [5, 5.41) is 11.6. The highest BCUT2D eigenvalue weighted by Crippen LogP contribution is 2.31.